The van der Waals surface area contributed by atoms with Crippen molar-refractivity contribution in [3.05, 3.63) is 0 Å². The molecule has 0 aromatic rings. The van der Waals surface area contributed by atoms with E-state index in [1.807, 2.05) is 4.90 Å². The summed E-state index contributed by atoms with van der Waals surface area (Å²) in [5.41, 5.74) is 0. The van der Waals surface area contributed by atoms with Gasteiger partial charge in [0.05, 0.1) is 0 Å². The molecular weight excluding hydrogens is 212 g/mol. The smallest absolute Gasteiger partial charge is 0.222 e. The molecule has 0 aromatic carbocycles. The van der Waals surface area contributed by atoms with E-state index in [1.54, 1.807) is 0 Å². The zero-order valence-electron chi connectivity index (χ0n) is 9.71. The first-order valence-electron chi connectivity index (χ1n) is 5.73. The summed E-state index contributed by atoms with van der Waals surface area (Å²) >= 11 is 5.58. The van der Waals surface area contributed by atoms with Gasteiger partial charge in [0, 0.05) is 38.0 Å². The molecule has 1 rings (SSSR count). The van der Waals surface area contributed by atoms with Crippen LogP contribution in [0.15, 0.2) is 0 Å². The highest BCUT2D eigenvalue weighted by atomic mass is 35.5. The summed E-state index contributed by atoms with van der Waals surface area (Å²) in [5.74, 6) is 0.846. The molecule has 3 nitrogen and oxygen atoms in total. The normalized spacial score (nSPS) is 23.1. The summed E-state index contributed by atoms with van der Waals surface area (Å²) < 4.78 is 0. The molecule has 15 heavy (non-hydrogen) atoms. The van der Waals surface area contributed by atoms with Crippen molar-refractivity contribution < 1.29 is 4.79 Å². The van der Waals surface area contributed by atoms with Gasteiger partial charge in [0.1, 0.15) is 0 Å². The van der Waals surface area contributed by atoms with Crippen LogP contribution in [0.25, 0.3) is 0 Å². The molecule has 1 aliphatic heterocycles. The molecule has 0 radical (unpaired) electrons. The van der Waals surface area contributed by atoms with Gasteiger partial charge >= 0.3 is 0 Å². The van der Waals surface area contributed by atoms with Gasteiger partial charge in [0.2, 0.25) is 5.91 Å². The zero-order chi connectivity index (χ0) is 11.3. The van der Waals surface area contributed by atoms with E-state index in [9.17, 15) is 4.79 Å². The molecular formula is C11H21ClN2O. The van der Waals surface area contributed by atoms with Crippen molar-refractivity contribution in [2.24, 2.45) is 0 Å². The average molecular weight is 233 g/mol. The number of likely N-dealkylation sites (N-methyl/N-ethyl adjacent to an activating group) is 1. The van der Waals surface area contributed by atoms with E-state index < -0.39 is 0 Å². The molecule has 1 unspecified atom stereocenters. The fraction of sp³-hybridized carbons (Fsp3) is 0.909. The Labute approximate surface area is 97.4 Å². The number of amides is 1. The number of halogens is 1. The lowest BCUT2D eigenvalue weighted by molar-refractivity contribution is -0.134. The lowest BCUT2D eigenvalue weighted by atomic mass is 10.1. The van der Waals surface area contributed by atoms with Crippen molar-refractivity contribution in [1.29, 1.82) is 0 Å². The third-order valence-electron chi connectivity index (χ3n) is 3.13. The molecule has 0 aliphatic carbocycles. The predicted octanol–water partition coefficient (Wildman–Crippen LogP) is 1.56. The highest BCUT2D eigenvalue weighted by Gasteiger charge is 2.25. The number of rotatable bonds is 4. The average Bonchev–Trinajstić information content (AvgIpc) is 2.26. The van der Waals surface area contributed by atoms with Crippen molar-refractivity contribution in [3.8, 4) is 0 Å². The van der Waals surface area contributed by atoms with Crippen LogP contribution in [-0.2, 0) is 4.79 Å². The molecule has 0 spiro atoms. The molecule has 0 aromatic heterocycles. The Morgan fingerprint density at radius 2 is 2.20 bits per heavy atom. The van der Waals surface area contributed by atoms with Gasteiger partial charge in [-0.05, 0) is 19.9 Å². The molecule has 0 N–H and O–H groups in total. The Morgan fingerprint density at radius 3 is 2.80 bits per heavy atom. The molecule has 4 heteroatoms. The highest BCUT2D eigenvalue weighted by molar-refractivity contribution is 6.17. The number of hydrogen-bond acceptors (Lipinski definition) is 2. The van der Waals surface area contributed by atoms with Gasteiger partial charge in [-0.25, -0.2) is 0 Å². The largest absolute Gasteiger partial charge is 0.340 e. The van der Waals surface area contributed by atoms with Gasteiger partial charge in [0.15, 0.2) is 0 Å². The van der Waals surface area contributed by atoms with Crippen LogP contribution in [0.5, 0.6) is 0 Å². The van der Waals surface area contributed by atoms with Crippen LogP contribution < -0.4 is 0 Å². The van der Waals surface area contributed by atoms with Crippen LogP contribution in [0, 0.1) is 0 Å². The lowest BCUT2D eigenvalue weighted by Gasteiger charge is -2.39. The monoisotopic (exact) mass is 232 g/mol. The van der Waals surface area contributed by atoms with E-state index >= 15 is 0 Å². The number of carbonyl (C=O) groups is 1. The summed E-state index contributed by atoms with van der Waals surface area (Å²) in [5, 5.41) is 0. The van der Waals surface area contributed by atoms with Crippen molar-refractivity contribution >= 4 is 17.5 Å². The van der Waals surface area contributed by atoms with Gasteiger partial charge in [0.25, 0.3) is 0 Å². The Bertz CT molecular complexity index is 211. The SMILES string of the molecule is CCC1CN(C(=O)CCCCl)CCN1C. The van der Waals surface area contributed by atoms with Gasteiger partial charge in [-0.3, -0.25) is 9.69 Å². The summed E-state index contributed by atoms with van der Waals surface area (Å²) in [6, 6.07) is 0.527. The van der Waals surface area contributed by atoms with Crippen LogP contribution in [0.4, 0.5) is 0 Å². The van der Waals surface area contributed by atoms with Gasteiger partial charge in [-0.2, -0.15) is 0 Å². The maximum atomic E-state index is 11.8. The molecule has 0 bridgehead atoms. The van der Waals surface area contributed by atoms with Crippen LogP contribution >= 0.6 is 11.6 Å². The van der Waals surface area contributed by atoms with Crippen molar-refractivity contribution in [2.45, 2.75) is 32.2 Å². The van der Waals surface area contributed by atoms with Crippen LogP contribution in [0.2, 0.25) is 0 Å². The van der Waals surface area contributed by atoms with Crippen molar-refractivity contribution in [3.63, 3.8) is 0 Å². The lowest BCUT2D eigenvalue weighted by Crippen LogP contribution is -2.52. The standard InChI is InChI=1S/C11H21ClN2O/c1-3-10-9-14(8-7-13(10)2)11(15)5-4-6-12/h10H,3-9H2,1-2H3. The topological polar surface area (TPSA) is 23.6 Å². The molecule has 1 heterocycles. The number of alkyl halides is 1. The molecule has 88 valence electrons. The summed E-state index contributed by atoms with van der Waals surface area (Å²) in [6.07, 6.45) is 2.50. The van der Waals surface area contributed by atoms with Crippen LogP contribution in [-0.4, -0.2) is 54.3 Å². The number of nitrogens with zero attached hydrogens (tertiary/aromatic N) is 2. The zero-order valence-corrected chi connectivity index (χ0v) is 10.5. The quantitative estimate of drug-likeness (QED) is 0.687. The maximum Gasteiger partial charge on any atom is 0.222 e. The first kappa shape index (κ1) is 12.8. The second kappa shape index (κ2) is 6.33. The minimum absolute atomic E-state index is 0.266. The first-order valence-corrected chi connectivity index (χ1v) is 6.26. The molecule has 1 aliphatic rings. The fourth-order valence-corrected chi connectivity index (χ4v) is 2.12. The Morgan fingerprint density at radius 1 is 1.47 bits per heavy atom. The van der Waals surface area contributed by atoms with Gasteiger partial charge in [-0.15, -0.1) is 11.6 Å². The van der Waals surface area contributed by atoms with E-state index in [0.29, 0.717) is 18.3 Å². The minimum atomic E-state index is 0.266. The molecule has 0 saturated carbocycles. The third-order valence-corrected chi connectivity index (χ3v) is 3.39. The molecule has 1 saturated heterocycles. The van der Waals surface area contributed by atoms with Gasteiger partial charge in [-0.1, -0.05) is 6.92 Å². The predicted molar refractivity (Wildman–Crippen MR) is 63.2 cm³/mol. The Kier molecular flexibility index (Phi) is 5.40. The van der Waals surface area contributed by atoms with E-state index in [0.717, 1.165) is 32.5 Å². The number of hydrogen-bond donors (Lipinski definition) is 0. The molecule has 1 atom stereocenters. The third kappa shape index (κ3) is 3.65. The van der Waals surface area contributed by atoms with Crippen LogP contribution in [0.3, 0.4) is 0 Å². The van der Waals surface area contributed by atoms with E-state index in [-0.39, 0.29) is 5.91 Å². The summed E-state index contributed by atoms with van der Waals surface area (Å²) in [4.78, 5) is 16.1. The second-order valence-electron chi connectivity index (χ2n) is 4.17. The summed E-state index contributed by atoms with van der Waals surface area (Å²) in [7, 11) is 2.13. The van der Waals surface area contributed by atoms with E-state index in [4.69, 9.17) is 11.6 Å². The Balaban J connectivity index is 2.40. The minimum Gasteiger partial charge on any atom is -0.340 e. The highest BCUT2D eigenvalue weighted by Crippen LogP contribution is 2.12. The molecule has 1 fully saturated rings. The number of piperazine rings is 1. The fourth-order valence-electron chi connectivity index (χ4n) is 1.99. The molecule has 1 amide bonds. The number of carbonyl (C=O) groups excluding carboxylic acids is 1. The van der Waals surface area contributed by atoms with Crippen LogP contribution in [0.1, 0.15) is 26.2 Å². The van der Waals surface area contributed by atoms with E-state index in [2.05, 4.69) is 18.9 Å². The van der Waals surface area contributed by atoms with E-state index in [1.165, 1.54) is 0 Å². The van der Waals surface area contributed by atoms with Crippen molar-refractivity contribution in [1.82, 2.24) is 9.80 Å². The summed E-state index contributed by atoms with van der Waals surface area (Å²) in [6.45, 7) is 4.92. The maximum absolute atomic E-state index is 11.8. The first-order chi connectivity index (χ1) is 7.19. The van der Waals surface area contributed by atoms with Crippen molar-refractivity contribution in [2.75, 3.05) is 32.6 Å². The van der Waals surface area contributed by atoms with Gasteiger partial charge < -0.3 is 4.90 Å². The second-order valence-corrected chi connectivity index (χ2v) is 4.55. The Hall–Kier alpha value is -0.280.